The molecule has 1 N–H and O–H groups in total. The van der Waals surface area contributed by atoms with Crippen molar-refractivity contribution in [3.63, 3.8) is 0 Å². The Morgan fingerprint density at radius 2 is 1.59 bits per heavy atom. The lowest BCUT2D eigenvalue weighted by molar-refractivity contribution is 0.198. The van der Waals surface area contributed by atoms with E-state index in [1.165, 1.54) is 19.0 Å². The van der Waals surface area contributed by atoms with E-state index in [2.05, 4.69) is 4.98 Å². The van der Waals surface area contributed by atoms with Crippen molar-refractivity contribution in [2.24, 2.45) is 0 Å². The molecule has 0 spiro atoms. The standard InChI is InChI=1S/C6H7NO.C4H8O.2C2H6/c1-5-2-3-6(8)4-7-5;1-2-4-5-3-1;2*1-2/h2-4,8H,1H3;1-4H2;2*1-2H3. The molecule has 1 saturated heterocycles. The third-order valence-electron chi connectivity index (χ3n) is 1.72. The number of nitrogens with zero attached hydrogens (tertiary/aromatic N) is 1. The van der Waals surface area contributed by atoms with Crippen LogP contribution in [0.2, 0.25) is 0 Å². The van der Waals surface area contributed by atoms with E-state index in [0.717, 1.165) is 18.9 Å². The summed E-state index contributed by atoms with van der Waals surface area (Å²) < 4.78 is 4.94. The Morgan fingerprint density at radius 3 is 1.82 bits per heavy atom. The van der Waals surface area contributed by atoms with Gasteiger partial charge in [0.15, 0.2) is 0 Å². The average molecular weight is 241 g/mol. The predicted octanol–water partition coefficient (Wildman–Crippen LogP) is 3.94. The van der Waals surface area contributed by atoms with Crippen molar-refractivity contribution in [3.05, 3.63) is 24.0 Å². The quantitative estimate of drug-likeness (QED) is 0.748. The maximum atomic E-state index is 8.69. The molecule has 3 heteroatoms. The van der Waals surface area contributed by atoms with Crippen molar-refractivity contribution in [1.29, 1.82) is 0 Å². The van der Waals surface area contributed by atoms with Crippen LogP contribution in [0.15, 0.2) is 18.3 Å². The maximum Gasteiger partial charge on any atom is 0.133 e. The smallest absolute Gasteiger partial charge is 0.133 e. The van der Waals surface area contributed by atoms with Gasteiger partial charge in [0, 0.05) is 18.9 Å². The summed E-state index contributed by atoms with van der Waals surface area (Å²) in [5.41, 5.74) is 0.919. The van der Waals surface area contributed by atoms with Crippen LogP contribution in [0.3, 0.4) is 0 Å². The molecule has 0 aromatic carbocycles. The van der Waals surface area contributed by atoms with Gasteiger partial charge in [-0.3, -0.25) is 4.98 Å². The fourth-order valence-electron chi connectivity index (χ4n) is 0.970. The Bertz CT molecular complexity index is 202. The Morgan fingerprint density at radius 1 is 1.06 bits per heavy atom. The second-order valence-electron chi connectivity index (χ2n) is 2.98. The van der Waals surface area contributed by atoms with Crippen LogP contribution < -0.4 is 0 Å². The van der Waals surface area contributed by atoms with Gasteiger partial charge in [0.1, 0.15) is 5.75 Å². The number of hydrogen-bond acceptors (Lipinski definition) is 3. The number of ether oxygens (including phenoxy) is 1. The van der Waals surface area contributed by atoms with E-state index in [9.17, 15) is 0 Å². The van der Waals surface area contributed by atoms with E-state index >= 15 is 0 Å². The maximum absolute atomic E-state index is 8.69. The topological polar surface area (TPSA) is 42.4 Å². The molecule has 17 heavy (non-hydrogen) atoms. The summed E-state index contributed by atoms with van der Waals surface area (Å²) in [7, 11) is 0. The summed E-state index contributed by atoms with van der Waals surface area (Å²) in [5, 5.41) is 8.69. The lowest BCUT2D eigenvalue weighted by Crippen LogP contribution is -1.75. The molecule has 0 unspecified atom stereocenters. The van der Waals surface area contributed by atoms with Gasteiger partial charge in [0.05, 0.1) is 6.20 Å². The molecule has 1 aliphatic rings. The summed E-state index contributed by atoms with van der Waals surface area (Å²) in [5.74, 6) is 0.218. The first-order valence-corrected chi connectivity index (χ1v) is 6.48. The predicted molar refractivity (Wildman–Crippen MR) is 73.4 cm³/mol. The molecule has 3 nitrogen and oxygen atoms in total. The van der Waals surface area contributed by atoms with Crippen LogP contribution in [0.1, 0.15) is 46.2 Å². The molecule has 1 fully saturated rings. The number of pyridine rings is 1. The fraction of sp³-hybridized carbons (Fsp3) is 0.643. The molecule has 0 saturated carbocycles. The van der Waals surface area contributed by atoms with Gasteiger partial charge in [-0.25, -0.2) is 0 Å². The second-order valence-corrected chi connectivity index (χ2v) is 2.98. The van der Waals surface area contributed by atoms with E-state index in [4.69, 9.17) is 9.84 Å². The molecule has 0 atom stereocenters. The molecule has 2 heterocycles. The summed E-state index contributed by atoms with van der Waals surface area (Å²) >= 11 is 0. The number of aryl methyl sites for hydroxylation is 1. The largest absolute Gasteiger partial charge is 0.506 e. The highest BCUT2D eigenvalue weighted by Crippen LogP contribution is 2.03. The molecule has 0 aliphatic carbocycles. The summed E-state index contributed by atoms with van der Waals surface area (Å²) in [6.45, 7) is 11.9. The molecule has 0 radical (unpaired) electrons. The highest BCUT2D eigenvalue weighted by molar-refractivity contribution is 5.16. The molecule has 0 amide bonds. The van der Waals surface area contributed by atoms with Crippen LogP contribution in [0, 0.1) is 6.92 Å². The zero-order chi connectivity index (χ0) is 13.5. The zero-order valence-electron chi connectivity index (χ0n) is 11.9. The molecule has 1 aliphatic heterocycles. The third kappa shape index (κ3) is 12.8. The van der Waals surface area contributed by atoms with Gasteiger partial charge in [-0.05, 0) is 31.9 Å². The lowest BCUT2D eigenvalue weighted by atomic mass is 10.4. The Hall–Kier alpha value is -1.09. The van der Waals surface area contributed by atoms with Crippen LogP contribution in [0.25, 0.3) is 0 Å². The number of aromatic hydroxyl groups is 1. The average Bonchev–Trinajstić information content (AvgIpc) is 2.97. The molecular weight excluding hydrogens is 214 g/mol. The van der Waals surface area contributed by atoms with Crippen molar-refractivity contribution in [2.75, 3.05) is 13.2 Å². The first kappa shape index (κ1) is 18.3. The molecule has 0 bridgehead atoms. The number of aromatic nitrogens is 1. The highest BCUT2D eigenvalue weighted by atomic mass is 16.5. The van der Waals surface area contributed by atoms with Gasteiger partial charge in [0.25, 0.3) is 0 Å². The van der Waals surface area contributed by atoms with Crippen LogP contribution >= 0.6 is 0 Å². The van der Waals surface area contributed by atoms with Gasteiger partial charge in [-0.1, -0.05) is 27.7 Å². The van der Waals surface area contributed by atoms with Gasteiger partial charge in [-0.15, -0.1) is 0 Å². The minimum absolute atomic E-state index is 0.218. The molecule has 100 valence electrons. The van der Waals surface area contributed by atoms with Crippen molar-refractivity contribution >= 4 is 0 Å². The third-order valence-corrected chi connectivity index (χ3v) is 1.72. The molecule has 2 rings (SSSR count). The SMILES string of the molecule is C1CCOC1.CC.CC.Cc1ccc(O)cn1. The van der Waals surface area contributed by atoms with Crippen molar-refractivity contribution in [3.8, 4) is 5.75 Å². The van der Waals surface area contributed by atoms with E-state index in [0.29, 0.717) is 0 Å². The lowest BCUT2D eigenvalue weighted by Gasteiger charge is -1.88. The monoisotopic (exact) mass is 241 g/mol. The Balaban J connectivity index is 0. The number of hydrogen-bond donors (Lipinski definition) is 1. The molecule has 1 aromatic rings. The molecule has 1 aromatic heterocycles. The van der Waals surface area contributed by atoms with E-state index in [-0.39, 0.29) is 5.75 Å². The minimum Gasteiger partial charge on any atom is -0.506 e. The first-order chi connectivity index (χ1) is 8.29. The van der Waals surface area contributed by atoms with Gasteiger partial charge in [-0.2, -0.15) is 0 Å². The summed E-state index contributed by atoms with van der Waals surface area (Å²) in [6, 6.07) is 3.37. The van der Waals surface area contributed by atoms with E-state index in [1.807, 2.05) is 34.6 Å². The Kier molecular flexibility index (Phi) is 16.0. The number of rotatable bonds is 0. The van der Waals surface area contributed by atoms with Crippen molar-refractivity contribution in [2.45, 2.75) is 47.5 Å². The van der Waals surface area contributed by atoms with E-state index < -0.39 is 0 Å². The van der Waals surface area contributed by atoms with Gasteiger partial charge >= 0.3 is 0 Å². The minimum atomic E-state index is 0.218. The normalized spacial score (nSPS) is 12.1. The highest BCUT2D eigenvalue weighted by Gasteiger charge is 1.94. The molecular formula is C14H27NO2. The second kappa shape index (κ2) is 14.9. The van der Waals surface area contributed by atoms with Gasteiger partial charge in [0.2, 0.25) is 0 Å². The Labute approximate surface area is 106 Å². The van der Waals surface area contributed by atoms with Crippen LogP contribution in [-0.4, -0.2) is 23.3 Å². The fourth-order valence-corrected chi connectivity index (χ4v) is 0.970. The first-order valence-electron chi connectivity index (χ1n) is 6.48. The van der Waals surface area contributed by atoms with Crippen LogP contribution in [0.5, 0.6) is 5.75 Å². The zero-order valence-corrected chi connectivity index (χ0v) is 11.9. The van der Waals surface area contributed by atoms with E-state index in [1.54, 1.807) is 12.1 Å². The van der Waals surface area contributed by atoms with Crippen LogP contribution in [-0.2, 0) is 4.74 Å². The van der Waals surface area contributed by atoms with Crippen molar-refractivity contribution in [1.82, 2.24) is 4.98 Å². The summed E-state index contributed by atoms with van der Waals surface area (Å²) in [6.07, 6.45) is 3.98. The van der Waals surface area contributed by atoms with Crippen molar-refractivity contribution < 1.29 is 9.84 Å². The van der Waals surface area contributed by atoms with Gasteiger partial charge < -0.3 is 9.84 Å². The summed E-state index contributed by atoms with van der Waals surface area (Å²) in [4.78, 5) is 3.83. The van der Waals surface area contributed by atoms with Crippen LogP contribution in [0.4, 0.5) is 0 Å².